The third kappa shape index (κ3) is 3.49. The van der Waals surface area contributed by atoms with E-state index >= 15 is 0 Å². The molecule has 1 N–H and O–H groups in total. The summed E-state index contributed by atoms with van der Waals surface area (Å²) in [6, 6.07) is 10.0. The number of halogens is 1. The number of benzene rings is 1. The van der Waals surface area contributed by atoms with E-state index in [1.54, 1.807) is 0 Å². The molecule has 1 fully saturated rings. The van der Waals surface area contributed by atoms with E-state index < -0.39 is 5.60 Å². The third-order valence-electron chi connectivity index (χ3n) is 4.17. The number of alkyl halides is 1. The molecule has 0 aliphatic heterocycles. The van der Waals surface area contributed by atoms with Gasteiger partial charge in [0.2, 0.25) is 0 Å². The molecule has 1 aromatic rings. The molecule has 0 radical (unpaired) electrons. The Kier molecular flexibility index (Phi) is 5.08. The molecule has 1 aliphatic carbocycles. The molecular weight excluding hydrogens is 244 g/mol. The molecule has 0 spiro atoms. The van der Waals surface area contributed by atoms with Gasteiger partial charge in [0.05, 0.1) is 5.60 Å². The van der Waals surface area contributed by atoms with Crippen LogP contribution in [0.1, 0.15) is 50.5 Å². The average molecular weight is 267 g/mol. The fourth-order valence-electron chi connectivity index (χ4n) is 3.14. The molecule has 0 aromatic heterocycles. The molecule has 0 heterocycles. The Morgan fingerprint density at radius 1 is 1.11 bits per heavy atom. The van der Waals surface area contributed by atoms with Crippen LogP contribution in [0.15, 0.2) is 30.3 Å². The number of hydrogen-bond donors (Lipinski definition) is 1. The van der Waals surface area contributed by atoms with Gasteiger partial charge < -0.3 is 5.11 Å². The van der Waals surface area contributed by atoms with Gasteiger partial charge in [-0.1, -0.05) is 62.4 Å². The number of aliphatic hydroxyl groups is 1. The van der Waals surface area contributed by atoms with Crippen LogP contribution in [0.2, 0.25) is 0 Å². The molecule has 1 aromatic carbocycles. The highest BCUT2D eigenvalue weighted by atomic mass is 35.5. The van der Waals surface area contributed by atoms with Crippen LogP contribution in [0, 0.1) is 5.92 Å². The lowest BCUT2D eigenvalue weighted by atomic mass is 9.77. The van der Waals surface area contributed by atoms with Crippen LogP contribution < -0.4 is 0 Å². The first-order valence-electron chi connectivity index (χ1n) is 7.08. The van der Waals surface area contributed by atoms with Crippen molar-refractivity contribution in [3.05, 3.63) is 35.9 Å². The van der Waals surface area contributed by atoms with Gasteiger partial charge in [-0.3, -0.25) is 0 Å². The van der Waals surface area contributed by atoms with Crippen molar-refractivity contribution in [3.8, 4) is 0 Å². The summed E-state index contributed by atoms with van der Waals surface area (Å²) in [7, 11) is 0. The summed E-state index contributed by atoms with van der Waals surface area (Å²) in [4.78, 5) is 0. The standard InChI is InChI=1S/C16H23ClO/c17-12-11-16(18,15-9-5-2-6-10-15)13-14-7-3-1-4-8-14/h2,5-6,9-10,14,18H,1,3-4,7-8,11-13H2. The van der Waals surface area contributed by atoms with E-state index in [1.165, 1.54) is 32.1 Å². The Morgan fingerprint density at radius 3 is 2.39 bits per heavy atom. The highest BCUT2D eigenvalue weighted by molar-refractivity contribution is 6.17. The van der Waals surface area contributed by atoms with Gasteiger partial charge in [-0.2, -0.15) is 0 Å². The maximum absolute atomic E-state index is 11.0. The zero-order chi connectivity index (χ0) is 12.8. The summed E-state index contributed by atoms with van der Waals surface area (Å²) in [5.74, 6) is 1.17. The summed E-state index contributed by atoms with van der Waals surface area (Å²) in [5.41, 5.74) is 0.293. The minimum Gasteiger partial charge on any atom is -0.385 e. The van der Waals surface area contributed by atoms with Gasteiger partial charge in [-0.15, -0.1) is 11.6 Å². The van der Waals surface area contributed by atoms with Crippen LogP contribution in [0.4, 0.5) is 0 Å². The molecular formula is C16H23ClO. The monoisotopic (exact) mass is 266 g/mol. The first kappa shape index (κ1) is 13.9. The normalized spacial score (nSPS) is 20.6. The van der Waals surface area contributed by atoms with Crippen molar-refractivity contribution >= 4 is 11.6 Å². The molecule has 0 saturated heterocycles. The Hall–Kier alpha value is -0.530. The molecule has 1 unspecified atom stereocenters. The third-order valence-corrected chi connectivity index (χ3v) is 4.36. The topological polar surface area (TPSA) is 20.2 Å². The molecule has 100 valence electrons. The Morgan fingerprint density at radius 2 is 1.78 bits per heavy atom. The molecule has 1 atom stereocenters. The summed E-state index contributed by atoms with van der Waals surface area (Å²) in [5, 5.41) is 11.0. The fraction of sp³-hybridized carbons (Fsp3) is 0.625. The molecule has 2 heteroatoms. The second kappa shape index (κ2) is 6.58. The molecule has 1 nitrogen and oxygen atoms in total. The summed E-state index contributed by atoms with van der Waals surface area (Å²) < 4.78 is 0. The van der Waals surface area contributed by atoms with Gasteiger partial charge in [-0.25, -0.2) is 0 Å². The van der Waals surface area contributed by atoms with Crippen molar-refractivity contribution in [1.82, 2.24) is 0 Å². The smallest absolute Gasteiger partial charge is 0.0910 e. The molecule has 0 amide bonds. The van der Waals surface area contributed by atoms with Crippen LogP contribution in [0.25, 0.3) is 0 Å². The lowest BCUT2D eigenvalue weighted by Crippen LogP contribution is -2.30. The Balaban J connectivity index is 2.10. The second-order valence-corrected chi connectivity index (χ2v) is 5.92. The van der Waals surface area contributed by atoms with Crippen molar-refractivity contribution in [2.24, 2.45) is 5.92 Å². The second-order valence-electron chi connectivity index (χ2n) is 5.54. The van der Waals surface area contributed by atoms with E-state index in [4.69, 9.17) is 11.6 Å². The van der Waals surface area contributed by atoms with Gasteiger partial charge in [-0.05, 0) is 24.3 Å². The predicted molar refractivity (Wildman–Crippen MR) is 76.9 cm³/mol. The van der Waals surface area contributed by atoms with Crippen molar-refractivity contribution in [2.75, 3.05) is 5.88 Å². The molecule has 0 bridgehead atoms. The average Bonchev–Trinajstić information content (AvgIpc) is 2.41. The fourth-order valence-corrected chi connectivity index (χ4v) is 3.45. The largest absolute Gasteiger partial charge is 0.385 e. The van der Waals surface area contributed by atoms with Crippen molar-refractivity contribution in [3.63, 3.8) is 0 Å². The highest BCUT2D eigenvalue weighted by Gasteiger charge is 2.32. The first-order chi connectivity index (χ1) is 8.74. The zero-order valence-corrected chi connectivity index (χ0v) is 11.7. The van der Waals surface area contributed by atoms with Crippen molar-refractivity contribution < 1.29 is 5.11 Å². The Bertz CT molecular complexity index is 345. The van der Waals surface area contributed by atoms with Gasteiger partial charge in [0.1, 0.15) is 0 Å². The summed E-state index contributed by atoms with van der Waals surface area (Å²) in [6.07, 6.45) is 8.02. The van der Waals surface area contributed by atoms with Crippen LogP contribution >= 0.6 is 11.6 Å². The van der Waals surface area contributed by atoms with E-state index in [-0.39, 0.29) is 0 Å². The van der Waals surface area contributed by atoms with Crippen LogP contribution in [0.5, 0.6) is 0 Å². The SMILES string of the molecule is OC(CCCl)(CC1CCCCC1)c1ccccc1. The lowest BCUT2D eigenvalue weighted by molar-refractivity contribution is 0.00245. The molecule has 1 saturated carbocycles. The maximum atomic E-state index is 11.0. The summed E-state index contributed by atoms with van der Waals surface area (Å²) in [6.45, 7) is 0. The minimum atomic E-state index is -0.731. The number of hydrogen-bond acceptors (Lipinski definition) is 1. The molecule has 2 rings (SSSR count). The van der Waals surface area contributed by atoms with E-state index in [9.17, 15) is 5.11 Å². The maximum Gasteiger partial charge on any atom is 0.0910 e. The van der Waals surface area contributed by atoms with E-state index in [1.807, 2.05) is 30.3 Å². The van der Waals surface area contributed by atoms with Gasteiger partial charge in [0.15, 0.2) is 0 Å². The van der Waals surface area contributed by atoms with Gasteiger partial charge >= 0.3 is 0 Å². The van der Waals surface area contributed by atoms with Gasteiger partial charge in [0.25, 0.3) is 0 Å². The van der Waals surface area contributed by atoms with Crippen molar-refractivity contribution in [2.45, 2.75) is 50.5 Å². The van der Waals surface area contributed by atoms with Crippen molar-refractivity contribution in [1.29, 1.82) is 0 Å². The highest BCUT2D eigenvalue weighted by Crippen LogP contribution is 2.37. The lowest BCUT2D eigenvalue weighted by Gasteiger charge is -2.34. The van der Waals surface area contributed by atoms with Crippen LogP contribution in [-0.2, 0) is 5.60 Å². The predicted octanol–water partition coefficient (Wildman–Crippen LogP) is 4.47. The van der Waals surface area contributed by atoms with E-state index in [0.29, 0.717) is 18.2 Å². The minimum absolute atomic E-state index is 0.512. The van der Waals surface area contributed by atoms with Crippen LogP contribution in [0.3, 0.4) is 0 Å². The van der Waals surface area contributed by atoms with Crippen LogP contribution in [-0.4, -0.2) is 11.0 Å². The summed E-state index contributed by atoms with van der Waals surface area (Å²) >= 11 is 5.89. The zero-order valence-electron chi connectivity index (χ0n) is 10.9. The molecule has 1 aliphatic rings. The van der Waals surface area contributed by atoms with Gasteiger partial charge in [0, 0.05) is 5.88 Å². The Labute approximate surface area is 115 Å². The quantitative estimate of drug-likeness (QED) is 0.780. The first-order valence-corrected chi connectivity index (χ1v) is 7.62. The van der Waals surface area contributed by atoms with E-state index in [2.05, 4.69) is 0 Å². The number of rotatable bonds is 5. The molecule has 18 heavy (non-hydrogen) atoms. The van der Waals surface area contributed by atoms with E-state index in [0.717, 1.165) is 12.0 Å².